The Morgan fingerprint density at radius 2 is 2.22 bits per heavy atom. The highest BCUT2D eigenvalue weighted by Gasteiger charge is 2.42. The van der Waals surface area contributed by atoms with Crippen LogP contribution in [0.3, 0.4) is 0 Å². The highest BCUT2D eigenvalue weighted by Crippen LogP contribution is 2.38. The molecule has 0 bridgehead atoms. The van der Waals surface area contributed by atoms with E-state index >= 15 is 0 Å². The molecule has 0 amide bonds. The molecule has 3 rings (SSSR count). The summed E-state index contributed by atoms with van der Waals surface area (Å²) in [6, 6.07) is 3.85. The van der Waals surface area contributed by atoms with E-state index in [1.54, 1.807) is 7.11 Å². The molecule has 2 saturated heterocycles. The van der Waals surface area contributed by atoms with Crippen LogP contribution in [0, 0.1) is 5.41 Å². The smallest absolute Gasteiger partial charge is 0.194 e. The van der Waals surface area contributed by atoms with Crippen LogP contribution in [0.2, 0.25) is 5.02 Å². The Kier molecular flexibility index (Phi) is 6.71. The van der Waals surface area contributed by atoms with E-state index in [0.717, 1.165) is 50.8 Å². The molecule has 2 aliphatic heterocycles. The molecule has 2 fully saturated rings. The molecule has 1 aromatic carbocycles. The second-order valence-corrected chi connectivity index (χ2v) is 7.59. The molecule has 1 N–H and O–H groups in total. The van der Waals surface area contributed by atoms with Crippen molar-refractivity contribution in [3.05, 3.63) is 22.7 Å². The van der Waals surface area contributed by atoms with Crippen LogP contribution in [-0.2, 0) is 11.3 Å². The van der Waals surface area contributed by atoms with Gasteiger partial charge in [0.2, 0.25) is 0 Å². The average molecular weight is 396 g/mol. The summed E-state index contributed by atoms with van der Waals surface area (Å²) in [5, 5.41) is 3.97. The van der Waals surface area contributed by atoms with Crippen molar-refractivity contribution >= 4 is 17.6 Å². The van der Waals surface area contributed by atoms with Crippen LogP contribution in [-0.4, -0.2) is 57.4 Å². The average Bonchev–Trinajstić information content (AvgIpc) is 3.30. The lowest BCUT2D eigenvalue weighted by atomic mass is 9.87. The maximum absolute atomic E-state index is 6.38. The number of ether oxygens (including phenoxy) is 3. The van der Waals surface area contributed by atoms with Gasteiger partial charge in [-0.15, -0.1) is 0 Å². The number of guanidine groups is 1. The van der Waals surface area contributed by atoms with Gasteiger partial charge in [0.25, 0.3) is 0 Å². The van der Waals surface area contributed by atoms with E-state index in [2.05, 4.69) is 17.1 Å². The minimum absolute atomic E-state index is 0.307. The fourth-order valence-corrected chi connectivity index (χ4v) is 4.12. The van der Waals surface area contributed by atoms with Gasteiger partial charge < -0.3 is 24.4 Å². The number of halogens is 1. The lowest BCUT2D eigenvalue weighted by Gasteiger charge is -2.25. The predicted molar refractivity (Wildman–Crippen MR) is 108 cm³/mol. The van der Waals surface area contributed by atoms with Gasteiger partial charge in [-0.2, -0.15) is 0 Å². The molecule has 2 aliphatic rings. The topological polar surface area (TPSA) is 55.3 Å². The summed E-state index contributed by atoms with van der Waals surface area (Å²) < 4.78 is 16.7. The molecule has 1 unspecified atom stereocenters. The second-order valence-electron chi connectivity index (χ2n) is 7.19. The number of benzene rings is 1. The summed E-state index contributed by atoms with van der Waals surface area (Å²) in [5.74, 6) is 2.18. The third kappa shape index (κ3) is 4.61. The Balaban J connectivity index is 1.74. The van der Waals surface area contributed by atoms with Crippen LogP contribution in [0.1, 0.15) is 32.3 Å². The Hall–Kier alpha value is -1.66. The summed E-state index contributed by atoms with van der Waals surface area (Å²) in [6.07, 6.45) is 2.31. The van der Waals surface area contributed by atoms with E-state index < -0.39 is 0 Å². The van der Waals surface area contributed by atoms with Crippen molar-refractivity contribution in [1.82, 2.24) is 10.2 Å². The lowest BCUT2D eigenvalue weighted by Crippen LogP contribution is -2.41. The molecule has 150 valence electrons. The van der Waals surface area contributed by atoms with Gasteiger partial charge in [0.15, 0.2) is 17.5 Å². The van der Waals surface area contributed by atoms with Crippen molar-refractivity contribution in [3.8, 4) is 11.5 Å². The number of likely N-dealkylation sites (tertiary alicyclic amines) is 1. The number of hydrogen-bond acceptors (Lipinski definition) is 4. The van der Waals surface area contributed by atoms with Crippen LogP contribution in [0.4, 0.5) is 0 Å². The van der Waals surface area contributed by atoms with Gasteiger partial charge in [0.05, 0.1) is 31.9 Å². The molecule has 7 heteroatoms. The van der Waals surface area contributed by atoms with Gasteiger partial charge >= 0.3 is 0 Å². The highest BCUT2D eigenvalue weighted by molar-refractivity contribution is 6.32. The summed E-state index contributed by atoms with van der Waals surface area (Å²) in [7, 11) is 1.62. The van der Waals surface area contributed by atoms with E-state index in [-0.39, 0.29) is 0 Å². The lowest BCUT2D eigenvalue weighted by molar-refractivity contribution is 0.156. The Morgan fingerprint density at radius 1 is 1.37 bits per heavy atom. The molecule has 0 radical (unpaired) electrons. The van der Waals surface area contributed by atoms with Gasteiger partial charge in [-0.3, -0.25) is 0 Å². The van der Waals surface area contributed by atoms with Crippen molar-refractivity contribution in [3.63, 3.8) is 0 Å². The van der Waals surface area contributed by atoms with Gasteiger partial charge in [0.1, 0.15) is 0 Å². The predicted octanol–water partition coefficient (Wildman–Crippen LogP) is 3.33. The second kappa shape index (κ2) is 9.02. The highest BCUT2D eigenvalue weighted by atomic mass is 35.5. The number of aliphatic imine (C=N–C) groups is 1. The Bertz CT molecular complexity index is 675. The van der Waals surface area contributed by atoms with Crippen LogP contribution < -0.4 is 14.8 Å². The van der Waals surface area contributed by atoms with Crippen molar-refractivity contribution in [1.29, 1.82) is 0 Å². The zero-order valence-corrected chi connectivity index (χ0v) is 17.3. The normalized spacial score (nSPS) is 22.5. The van der Waals surface area contributed by atoms with Crippen LogP contribution >= 0.6 is 11.6 Å². The van der Waals surface area contributed by atoms with E-state index in [9.17, 15) is 0 Å². The maximum Gasteiger partial charge on any atom is 0.194 e. The van der Waals surface area contributed by atoms with Gasteiger partial charge in [0, 0.05) is 31.7 Å². The van der Waals surface area contributed by atoms with E-state index in [4.69, 9.17) is 30.8 Å². The number of rotatable bonds is 6. The third-order valence-corrected chi connectivity index (χ3v) is 5.53. The monoisotopic (exact) mass is 395 g/mol. The first-order chi connectivity index (χ1) is 13.1. The molecule has 0 saturated carbocycles. The summed E-state index contributed by atoms with van der Waals surface area (Å²) in [6.45, 7) is 9.70. The van der Waals surface area contributed by atoms with E-state index in [1.807, 2.05) is 19.1 Å². The first-order valence-electron chi connectivity index (χ1n) is 9.71. The minimum Gasteiger partial charge on any atom is -0.493 e. The first kappa shape index (κ1) is 20.1. The largest absolute Gasteiger partial charge is 0.493 e. The number of methoxy groups -OCH3 is 1. The molecule has 1 aromatic rings. The van der Waals surface area contributed by atoms with Crippen molar-refractivity contribution < 1.29 is 14.2 Å². The minimum atomic E-state index is 0.307. The first-order valence-corrected chi connectivity index (χ1v) is 10.1. The van der Waals surface area contributed by atoms with Crippen molar-refractivity contribution in [2.24, 2.45) is 10.4 Å². The molecular weight excluding hydrogens is 366 g/mol. The zero-order valence-electron chi connectivity index (χ0n) is 16.5. The Labute approximate surface area is 166 Å². The molecule has 2 heterocycles. The molecule has 1 spiro atoms. The van der Waals surface area contributed by atoms with Crippen LogP contribution in [0.5, 0.6) is 11.5 Å². The van der Waals surface area contributed by atoms with Gasteiger partial charge in [-0.05, 0) is 44.4 Å². The number of nitrogens with one attached hydrogen (secondary N) is 1. The molecule has 27 heavy (non-hydrogen) atoms. The zero-order chi connectivity index (χ0) is 19.3. The van der Waals surface area contributed by atoms with Gasteiger partial charge in [-0.25, -0.2) is 4.99 Å². The molecule has 1 atom stereocenters. The number of hydrogen-bond donors (Lipinski definition) is 1. The molecule has 0 aromatic heterocycles. The summed E-state index contributed by atoms with van der Waals surface area (Å²) in [4.78, 5) is 7.20. The summed E-state index contributed by atoms with van der Waals surface area (Å²) >= 11 is 6.38. The van der Waals surface area contributed by atoms with Crippen molar-refractivity contribution in [2.75, 3.05) is 46.6 Å². The molecule has 0 aliphatic carbocycles. The molecular formula is C20H30ClN3O3. The summed E-state index contributed by atoms with van der Waals surface area (Å²) in [5.41, 5.74) is 1.30. The van der Waals surface area contributed by atoms with E-state index in [0.29, 0.717) is 35.1 Å². The SMILES string of the molecule is CCNC(=NCc1cc(Cl)c(OCC)c(OC)c1)N1CCC2(CCOC2)C1. The molecule has 6 nitrogen and oxygen atoms in total. The van der Waals surface area contributed by atoms with Crippen molar-refractivity contribution in [2.45, 2.75) is 33.2 Å². The standard InChI is InChI=1S/C20H30ClN3O3/c1-4-22-19(24-8-6-20(13-24)7-9-26-14-20)23-12-15-10-16(21)18(27-5-2)17(11-15)25-3/h10-11H,4-9,12-14H2,1-3H3,(H,22,23). The van der Waals surface area contributed by atoms with Crippen LogP contribution in [0.15, 0.2) is 17.1 Å². The Morgan fingerprint density at radius 3 is 2.89 bits per heavy atom. The van der Waals surface area contributed by atoms with E-state index in [1.165, 1.54) is 6.42 Å². The fraction of sp³-hybridized carbons (Fsp3) is 0.650. The fourth-order valence-electron chi connectivity index (χ4n) is 3.83. The third-order valence-electron chi connectivity index (χ3n) is 5.25. The maximum atomic E-state index is 6.38. The quantitative estimate of drug-likeness (QED) is 0.591. The number of nitrogens with zero attached hydrogens (tertiary/aromatic N) is 2. The van der Waals surface area contributed by atoms with Crippen LogP contribution in [0.25, 0.3) is 0 Å². The van der Waals surface area contributed by atoms with Gasteiger partial charge in [-0.1, -0.05) is 11.6 Å².